The molecule has 0 radical (unpaired) electrons. The standard InChI is InChI=1S/C58H64ClFN11O6P/c1-67-34-39(31-62-67)43-29-48(64-58-61-32-45(59)54(66-58)63-47-12-9-38(27-52(47)78(3,4)76)41-7-5-6-8-46(41)60)51(77-2)30-50(43)70-25-19-37(20-26-70)36-17-21-68(22-18-36)33-35-15-23-69(24-16-35)40-10-11-42-44(28-40)57(75)71(56(42)74)49-13-14-53(72)65-55(49)73/h5-12,27-32,34-37,49H,13-26,33H2,1-4H3,(H,65,72,73)(H2,61,63,64,66). The molecule has 0 saturated carbocycles. The summed E-state index contributed by atoms with van der Waals surface area (Å²) in [5, 5.41) is 14.3. The first-order valence-corrected chi connectivity index (χ1v) is 29.9. The number of amides is 4. The number of benzene rings is 4. The molecule has 11 rings (SSSR count). The maximum atomic E-state index is 14.8. The molecule has 20 heteroatoms. The molecule has 4 amide bonds. The van der Waals surface area contributed by atoms with Crippen molar-refractivity contribution in [1.29, 1.82) is 0 Å². The van der Waals surface area contributed by atoms with Gasteiger partial charge in [-0.3, -0.25) is 34.1 Å². The SMILES string of the molecule is COc1cc(N2CCC(C3CCN(CC4CCN(c5ccc6c(c5)C(=O)N(C5CCC(=O)NC5=O)C6=O)CC4)CC3)CC2)c(-c2cnn(C)c2)cc1Nc1ncc(Cl)c(Nc2ccc(-c3ccccc3F)cc2P(C)(C)=O)n1. The number of hydrogen-bond donors (Lipinski definition) is 3. The van der Waals surface area contributed by atoms with E-state index in [2.05, 4.69) is 52.9 Å². The van der Waals surface area contributed by atoms with Gasteiger partial charge in [0.15, 0.2) is 5.82 Å². The van der Waals surface area contributed by atoms with Gasteiger partial charge in [-0.15, -0.1) is 0 Å². The normalized spacial score (nSPS) is 19.1. The molecule has 4 fully saturated rings. The van der Waals surface area contributed by atoms with Crippen LogP contribution in [0.3, 0.4) is 0 Å². The zero-order valence-corrected chi connectivity index (χ0v) is 46.0. The Morgan fingerprint density at radius 2 is 1.47 bits per heavy atom. The molecule has 4 saturated heterocycles. The molecular formula is C58H64ClFN11O6P. The van der Waals surface area contributed by atoms with Crippen LogP contribution in [-0.4, -0.2) is 125 Å². The van der Waals surface area contributed by atoms with E-state index in [-0.39, 0.29) is 29.6 Å². The number of ether oxygens (including phenoxy) is 1. The van der Waals surface area contributed by atoms with Crippen LogP contribution in [0.5, 0.6) is 5.75 Å². The fourth-order valence-corrected chi connectivity index (χ4v) is 13.5. The van der Waals surface area contributed by atoms with Crippen molar-refractivity contribution >= 4 is 82.2 Å². The smallest absolute Gasteiger partial charge is 0.262 e. The third-order valence-electron chi connectivity index (χ3n) is 16.4. The molecule has 4 aromatic carbocycles. The maximum absolute atomic E-state index is 14.8. The molecule has 5 aliphatic rings. The Balaban J connectivity index is 0.701. The predicted molar refractivity (Wildman–Crippen MR) is 302 cm³/mol. The number of rotatable bonds is 14. The average molecular weight is 1100 g/mol. The number of anilines is 6. The Labute approximate surface area is 458 Å². The van der Waals surface area contributed by atoms with Gasteiger partial charge in [0, 0.05) is 91.8 Å². The van der Waals surface area contributed by atoms with Crippen LogP contribution in [0, 0.1) is 23.6 Å². The number of nitrogens with one attached hydrogen (secondary N) is 3. The quantitative estimate of drug-likeness (QED) is 0.0692. The van der Waals surface area contributed by atoms with E-state index in [0.29, 0.717) is 68.3 Å². The maximum Gasteiger partial charge on any atom is 0.262 e. The second kappa shape index (κ2) is 21.9. The highest BCUT2D eigenvalue weighted by molar-refractivity contribution is 7.70. The van der Waals surface area contributed by atoms with Gasteiger partial charge < -0.3 is 34.6 Å². The molecule has 1 unspecified atom stereocenters. The number of fused-ring (bicyclic) bond motifs is 1. The van der Waals surface area contributed by atoms with Gasteiger partial charge in [-0.05, 0) is 137 Å². The summed E-state index contributed by atoms with van der Waals surface area (Å²) in [6, 6.07) is 20.4. The predicted octanol–water partition coefficient (Wildman–Crippen LogP) is 9.33. The number of methoxy groups -OCH3 is 1. The third-order valence-corrected chi connectivity index (χ3v) is 18.2. The van der Waals surface area contributed by atoms with Crippen molar-refractivity contribution in [2.24, 2.45) is 24.8 Å². The van der Waals surface area contributed by atoms with Crippen molar-refractivity contribution in [3.63, 3.8) is 0 Å². The lowest BCUT2D eigenvalue weighted by Gasteiger charge is -2.42. The van der Waals surface area contributed by atoms with Crippen LogP contribution in [0.4, 0.5) is 38.9 Å². The molecule has 1 atom stereocenters. The molecule has 406 valence electrons. The van der Waals surface area contributed by atoms with Gasteiger partial charge in [0.1, 0.15) is 29.8 Å². The summed E-state index contributed by atoms with van der Waals surface area (Å²) in [4.78, 5) is 68.7. The summed E-state index contributed by atoms with van der Waals surface area (Å²) < 4.78 is 36.3. The molecule has 0 aliphatic carbocycles. The average Bonchev–Trinajstić information content (AvgIpc) is 4.07. The number of piperidine rings is 4. The van der Waals surface area contributed by atoms with E-state index in [1.54, 1.807) is 73.7 Å². The van der Waals surface area contributed by atoms with Gasteiger partial charge >= 0.3 is 0 Å². The van der Waals surface area contributed by atoms with Crippen LogP contribution in [0.15, 0.2) is 91.4 Å². The van der Waals surface area contributed by atoms with Crippen molar-refractivity contribution < 1.29 is 32.9 Å². The zero-order chi connectivity index (χ0) is 54.4. The monoisotopic (exact) mass is 1100 g/mol. The summed E-state index contributed by atoms with van der Waals surface area (Å²) in [6.45, 7) is 10.2. The minimum atomic E-state index is -2.87. The number of likely N-dealkylation sites (tertiary alicyclic amines) is 1. The van der Waals surface area contributed by atoms with E-state index in [9.17, 15) is 28.1 Å². The summed E-state index contributed by atoms with van der Waals surface area (Å²) in [5.74, 6) is 0.773. The number of nitrogens with zero attached hydrogens (tertiary/aromatic N) is 8. The number of aromatic nitrogens is 4. The number of carbonyl (C=O) groups excluding carboxylic acids is 4. The molecule has 2 aromatic heterocycles. The molecule has 3 N–H and O–H groups in total. The highest BCUT2D eigenvalue weighted by Crippen LogP contribution is 2.44. The molecule has 17 nitrogen and oxygen atoms in total. The van der Waals surface area contributed by atoms with E-state index in [0.717, 1.165) is 98.9 Å². The van der Waals surface area contributed by atoms with Gasteiger partial charge in [0.25, 0.3) is 11.8 Å². The van der Waals surface area contributed by atoms with Crippen LogP contribution in [0.1, 0.15) is 72.1 Å². The Kier molecular flexibility index (Phi) is 14.9. The number of halogens is 2. The molecule has 6 aromatic rings. The zero-order valence-electron chi connectivity index (χ0n) is 44.3. The molecule has 0 spiro atoms. The number of aryl methyl sites for hydroxylation is 1. The van der Waals surface area contributed by atoms with Crippen LogP contribution in [-0.2, 0) is 21.2 Å². The third kappa shape index (κ3) is 10.9. The Hall–Kier alpha value is -7.14. The van der Waals surface area contributed by atoms with Crippen LogP contribution < -0.4 is 35.8 Å². The largest absolute Gasteiger partial charge is 0.494 e. The van der Waals surface area contributed by atoms with Gasteiger partial charge in [-0.2, -0.15) is 10.1 Å². The van der Waals surface area contributed by atoms with Crippen LogP contribution in [0.25, 0.3) is 22.3 Å². The second-order valence-corrected chi connectivity index (χ2v) is 25.3. The van der Waals surface area contributed by atoms with Crippen LogP contribution >= 0.6 is 18.7 Å². The lowest BCUT2D eigenvalue weighted by molar-refractivity contribution is -0.136. The lowest BCUT2D eigenvalue weighted by atomic mass is 9.78. The van der Waals surface area contributed by atoms with Gasteiger partial charge in [0.05, 0.1) is 42.0 Å². The molecular weight excluding hydrogens is 1030 g/mol. The highest BCUT2D eigenvalue weighted by atomic mass is 35.5. The Bertz CT molecular complexity index is 3360. The van der Waals surface area contributed by atoms with Crippen molar-refractivity contribution in [3.8, 4) is 28.0 Å². The molecule has 7 heterocycles. The minimum absolute atomic E-state index is 0.0902. The van der Waals surface area contributed by atoms with E-state index in [1.807, 2.05) is 25.5 Å². The van der Waals surface area contributed by atoms with Crippen LogP contribution in [0.2, 0.25) is 5.02 Å². The fraction of sp³-hybridized carbons (Fsp3) is 0.397. The van der Waals surface area contributed by atoms with Gasteiger partial charge in [-0.1, -0.05) is 35.9 Å². The first-order chi connectivity index (χ1) is 37.6. The topological polar surface area (TPSA) is 187 Å². The lowest BCUT2D eigenvalue weighted by Crippen LogP contribution is -2.54. The van der Waals surface area contributed by atoms with Crippen molar-refractivity contribution in [3.05, 3.63) is 113 Å². The number of carbonyl (C=O) groups is 4. The minimum Gasteiger partial charge on any atom is -0.494 e. The van der Waals surface area contributed by atoms with E-state index < -0.39 is 36.8 Å². The van der Waals surface area contributed by atoms with E-state index in [1.165, 1.54) is 25.1 Å². The number of hydrogen-bond acceptors (Lipinski definition) is 14. The van der Waals surface area contributed by atoms with Crippen molar-refractivity contribution in [2.75, 3.05) is 86.7 Å². The van der Waals surface area contributed by atoms with Crippen molar-refractivity contribution in [2.45, 2.75) is 57.4 Å². The first-order valence-electron chi connectivity index (χ1n) is 26.9. The second-order valence-electron chi connectivity index (χ2n) is 21.7. The summed E-state index contributed by atoms with van der Waals surface area (Å²) in [6.07, 6.45) is 12.3. The van der Waals surface area contributed by atoms with E-state index in [4.69, 9.17) is 21.3 Å². The molecule has 78 heavy (non-hydrogen) atoms. The molecule has 0 bridgehead atoms. The fourth-order valence-electron chi connectivity index (χ4n) is 12.2. The molecule has 5 aliphatic heterocycles. The Morgan fingerprint density at radius 3 is 2.17 bits per heavy atom. The van der Waals surface area contributed by atoms with E-state index >= 15 is 0 Å². The summed E-state index contributed by atoms with van der Waals surface area (Å²) >= 11 is 6.70. The van der Waals surface area contributed by atoms with Gasteiger partial charge in [0.2, 0.25) is 17.8 Å². The van der Waals surface area contributed by atoms with Gasteiger partial charge in [-0.25, -0.2) is 9.37 Å². The Morgan fingerprint density at radius 1 is 0.756 bits per heavy atom. The number of imide groups is 2. The first kappa shape index (κ1) is 52.9. The summed E-state index contributed by atoms with van der Waals surface area (Å²) in [5.41, 5.74) is 6.77. The summed E-state index contributed by atoms with van der Waals surface area (Å²) in [7, 11) is 0.685. The highest BCUT2D eigenvalue weighted by Gasteiger charge is 2.45. The van der Waals surface area contributed by atoms with Crippen molar-refractivity contribution in [1.82, 2.24) is 34.9 Å².